The molecule has 4 heteroatoms. The van der Waals surface area contributed by atoms with E-state index < -0.39 is 5.97 Å². The van der Waals surface area contributed by atoms with Crippen LogP contribution in [0.5, 0.6) is 0 Å². The van der Waals surface area contributed by atoms with Crippen LogP contribution in [0, 0.1) is 11.8 Å². The topological polar surface area (TPSA) is 66.4 Å². The largest absolute Gasteiger partial charge is 0.481 e. The number of carbonyl (C=O) groups excluding carboxylic acids is 1. The molecule has 2 N–H and O–H groups in total. The molecule has 0 bridgehead atoms. The van der Waals surface area contributed by atoms with Gasteiger partial charge < -0.3 is 10.4 Å². The highest BCUT2D eigenvalue weighted by atomic mass is 16.4. The Morgan fingerprint density at radius 1 is 1.07 bits per heavy atom. The van der Waals surface area contributed by atoms with Crippen molar-refractivity contribution >= 4 is 11.9 Å². The zero-order chi connectivity index (χ0) is 10.8. The summed E-state index contributed by atoms with van der Waals surface area (Å²) in [5.74, 6) is -0.910. The van der Waals surface area contributed by atoms with Gasteiger partial charge in [0.05, 0.1) is 5.92 Å². The molecule has 2 saturated carbocycles. The Morgan fingerprint density at radius 3 is 2.33 bits per heavy atom. The van der Waals surface area contributed by atoms with E-state index in [2.05, 4.69) is 5.32 Å². The SMILES string of the molecule is O=C(N[C@H]1CCCC[C@H]1C(=O)O)C1CC1. The molecule has 2 aliphatic rings. The Balaban J connectivity index is 1.91. The lowest BCUT2D eigenvalue weighted by Gasteiger charge is -2.29. The highest BCUT2D eigenvalue weighted by molar-refractivity contribution is 5.82. The van der Waals surface area contributed by atoms with Crippen LogP contribution in [0.2, 0.25) is 0 Å². The molecule has 0 heterocycles. The summed E-state index contributed by atoms with van der Waals surface area (Å²) in [6.45, 7) is 0. The monoisotopic (exact) mass is 211 g/mol. The van der Waals surface area contributed by atoms with E-state index >= 15 is 0 Å². The molecular weight excluding hydrogens is 194 g/mol. The first-order chi connectivity index (χ1) is 7.18. The van der Waals surface area contributed by atoms with Crippen LogP contribution in [0.25, 0.3) is 0 Å². The Kier molecular flexibility index (Phi) is 2.93. The van der Waals surface area contributed by atoms with Crippen molar-refractivity contribution in [3.63, 3.8) is 0 Å². The van der Waals surface area contributed by atoms with E-state index in [9.17, 15) is 9.59 Å². The van der Waals surface area contributed by atoms with E-state index in [1.165, 1.54) is 0 Å². The molecule has 0 aromatic rings. The number of hydrogen-bond acceptors (Lipinski definition) is 2. The summed E-state index contributed by atoms with van der Waals surface area (Å²) in [6, 6.07) is -0.135. The summed E-state index contributed by atoms with van der Waals surface area (Å²) in [5, 5.41) is 11.9. The van der Waals surface area contributed by atoms with Crippen molar-refractivity contribution in [3.05, 3.63) is 0 Å². The molecule has 2 fully saturated rings. The summed E-state index contributed by atoms with van der Waals surface area (Å²) < 4.78 is 0. The van der Waals surface area contributed by atoms with Gasteiger partial charge in [0.15, 0.2) is 0 Å². The first-order valence-corrected chi connectivity index (χ1v) is 5.71. The van der Waals surface area contributed by atoms with Crippen molar-refractivity contribution in [2.75, 3.05) is 0 Å². The minimum Gasteiger partial charge on any atom is -0.481 e. The molecule has 0 unspecified atom stereocenters. The number of hydrogen-bond donors (Lipinski definition) is 2. The van der Waals surface area contributed by atoms with Gasteiger partial charge in [-0.1, -0.05) is 12.8 Å². The summed E-state index contributed by atoms with van der Waals surface area (Å²) in [5.41, 5.74) is 0. The first-order valence-electron chi connectivity index (χ1n) is 5.71. The molecular formula is C11H17NO3. The summed E-state index contributed by atoms with van der Waals surface area (Å²) in [6.07, 6.45) is 5.44. The average molecular weight is 211 g/mol. The van der Waals surface area contributed by atoms with Crippen molar-refractivity contribution in [2.24, 2.45) is 11.8 Å². The normalized spacial score (nSPS) is 30.9. The summed E-state index contributed by atoms with van der Waals surface area (Å²) in [7, 11) is 0. The van der Waals surface area contributed by atoms with Gasteiger partial charge in [0.25, 0.3) is 0 Å². The third-order valence-corrected chi connectivity index (χ3v) is 3.36. The molecule has 0 radical (unpaired) electrons. The second kappa shape index (κ2) is 4.21. The molecule has 0 aliphatic heterocycles. The van der Waals surface area contributed by atoms with Crippen molar-refractivity contribution in [3.8, 4) is 0 Å². The molecule has 84 valence electrons. The maximum Gasteiger partial charge on any atom is 0.308 e. The van der Waals surface area contributed by atoms with Gasteiger partial charge in [-0.25, -0.2) is 0 Å². The molecule has 0 spiro atoms. The minimum absolute atomic E-state index is 0.0631. The van der Waals surface area contributed by atoms with Gasteiger partial charge in [-0.3, -0.25) is 9.59 Å². The van der Waals surface area contributed by atoms with Crippen LogP contribution in [0.1, 0.15) is 38.5 Å². The third kappa shape index (κ3) is 2.49. The Hall–Kier alpha value is -1.06. The molecule has 0 aromatic heterocycles. The fraction of sp³-hybridized carbons (Fsp3) is 0.818. The molecule has 0 saturated heterocycles. The van der Waals surface area contributed by atoms with E-state index in [1.54, 1.807) is 0 Å². The highest BCUT2D eigenvalue weighted by Crippen LogP contribution is 2.31. The lowest BCUT2D eigenvalue weighted by atomic mass is 9.84. The smallest absolute Gasteiger partial charge is 0.308 e. The van der Waals surface area contributed by atoms with E-state index in [1.807, 2.05) is 0 Å². The summed E-state index contributed by atoms with van der Waals surface area (Å²) >= 11 is 0. The van der Waals surface area contributed by atoms with Gasteiger partial charge in [-0.05, 0) is 25.7 Å². The van der Waals surface area contributed by atoms with Crippen LogP contribution in [0.3, 0.4) is 0 Å². The number of aliphatic carboxylic acids is 1. The van der Waals surface area contributed by atoms with Crippen LogP contribution >= 0.6 is 0 Å². The zero-order valence-corrected chi connectivity index (χ0v) is 8.74. The number of amides is 1. The lowest BCUT2D eigenvalue weighted by Crippen LogP contribution is -2.45. The van der Waals surface area contributed by atoms with Crippen LogP contribution in [-0.4, -0.2) is 23.0 Å². The maximum absolute atomic E-state index is 11.5. The number of carboxylic acids is 1. The standard InChI is InChI=1S/C11H17NO3/c13-10(7-5-6-7)12-9-4-2-1-3-8(9)11(14)15/h7-9H,1-6H2,(H,12,13)(H,14,15)/t8-,9+/m1/s1. The lowest BCUT2D eigenvalue weighted by molar-refractivity contribution is -0.144. The number of nitrogens with one attached hydrogen (secondary N) is 1. The van der Waals surface area contributed by atoms with Gasteiger partial charge >= 0.3 is 5.97 Å². The fourth-order valence-corrected chi connectivity index (χ4v) is 2.25. The molecule has 4 nitrogen and oxygen atoms in total. The molecule has 15 heavy (non-hydrogen) atoms. The van der Waals surface area contributed by atoms with Crippen LogP contribution < -0.4 is 5.32 Å². The van der Waals surface area contributed by atoms with Gasteiger partial charge in [-0.15, -0.1) is 0 Å². The Bertz CT molecular complexity index is 273. The zero-order valence-electron chi connectivity index (χ0n) is 8.74. The van der Waals surface area contributed by atoms with E-state index in [0.717, 1.165) is 32.1 Å². The van der Waals surface area contributed by atoms with E-state index in [-0.39, 0.29) is 23.8 Å². The number of carbonyl (C=O) groups is 2. The number of carboxylic acid groups (broad SMARTS) is 1. The predicted octanol–water partition coefficient (Wildman–Crippen LogP) is 1.16. The van der Waals surface area contributed by atoms with Crippen LogP contribution in [0.4, 0.5) is 0 Å². The van der Waals surface area contributed by atoms with Gasteiger partial charge in [-0.2, -0.15) is 0 Å². The Labute approximate surface area is 89.0 Å². The second-order valence-corrected chi connectivity index (χ2v) is 4.62. The average Bonchev–Trinajstić information content (AvgIpc) is 3.01. The maximum atomic E-state index is 11.5. The van der Waals surface area contributed by atoms with Crippen LogP contribution in [-0.2, 0) is 9.59 Å². The minimum atomic E-state index is -0.768. The highest BCUT2D eigenvalue weighted by Gasteiger charge is 2.36. The second-order valence-electron chi connectivity index (χ2n) is 4.62. The quantitative estimate of drug-likeness (QED) is 0.736. The molecule has 2 atom stereocenters. The fourth-order valence-electron chi connectivity index (χ4n) is 2.25. The molecule has 2 rings (SSSR count). The van der Waals surface area contributed by atoms with Crippen molar-refractivity contribution in [1.82, 2.24) is 5.32 Å². The number of rotatable bonds is 3. The summed E-state index contributed by atoms with van der Waals surface area (Å²) in [4.78, 5) is 22.5. The first kappa shape index (κ1) is 10.5. The van der Waals surface area contributed by atoms with Crippen molar-refractivity contribution < 1.29 is 14.7 Å². The molecule has 1 amide bonds. The molecule has 2 aliphatic carbocycles. The Morgan fingerprint density at radius 2 is 1.73 bits per heavy atom. The van der Waals surface area contributed by atoms with Crippen molar-refractivity contribution in [1.29, 1.82) is 0 Å². The van der Waals surface area contributed by atoms with Gasteiger partial charge in [0.2, 0.25) is 5.91 Å². The third-order valence-electron chi connectivity index (χ3n) is 3.36. The van der Waals surface area contributed by atoms with E-state index in [4.69, 9.17) is 5.11 Å². The van der Waals surface area contributed by atoms with Crippen molar-refractivity contribution in [2.45, 2.75) is 44.6 Å². The predicted molar refractivity (Wildman–Crippen MR) is 54.2 cm³/mol. The van der Waals surface area contributed by atoms with E-state index in [0.29, 0.717) is 6.42 Å². The van der Waals surface area contributed by atoms with Gasteiger partial charge in [0.1, 0.15) is 0 Å². The molecule has 0 aromatic carbocycles. The van der Waals surface area contributed by atoms with Crippen LogP contribution in [0.15, 0.2) is 0 Å². The van der Waals surface area contributed by atoms with Gasteiger partial charge in [0, 0.05) is 12.0 Å².